The van der Waals surface area contributed by atoms with Crippen LogP contribution in [0.15, 0.2) is 97.1 Å². The van der Waals surface area contributed by atoms with Gasteiger partial charge in [0.15, 0.2) is 0 Å². The van der Waals surface area contributed by atoms with Crippen LogP contribution < -0.4 is 9.47 Å². The number of benzene rings is 4. The third-order valence-electron chi connectivity index (χ3n) is 4.88. The smallest absolute Gasteiger partial charge is 0.335 e. The fourth-order valence-corrected chi connectivity index (χ4v) is 2.93. The number of ether oxygens (including phenoxy) is 2. The van der Waals surface area contributed by atoms with Gasteiger partial charge in [-0.2, -0.15) is 0 Å². The number of carboxylic acids is 4. The van der Waals surface area contributed by atoms with E-state index in [1.165, 1.54) is 97.1 Å². The van der Waals surface area contributed by atoms with E-state index < -0.39 is 23.9 Å². The molecule has 0 aromatic heterocycles. The molecule has 0 aliphatic carbocycles. The van der Waals surface area contributed by atoms with Gasteiger partial charge in [0.2, 0.25) is 0 Å². The molecule has 4 rings (SSSR count). The first-order chi connectivity index (χ1) is 18.1. The zero-order valence-electron chi connectivity index (χ0n) is 19.5. The van der Waals surface area contributed by atoms with E-state index in [1.54, 1.807) is 0 Å². The normalized spacial score (nSPS) is 9.89. The summed E-state index contributed by atoms with van der Waals surface area (Å²) in [5.41, 5.74) is 0.698. The van der Waals surface area contributed by atoms with Crippen LogP contribution in [0.3, 0.4) is 0 Å². The maximum absolute atomic E-state index is 10.7. The van der Waals surface area contributed by atoms with E-state index in [4.69, 9.17) is 29.9 Å². The number of carboxylic acid groups (broad SMARTS) is 4. The van der Waals surface area contributed by atoms with Gasteiger partial charge in [0.25, 0.3) is 0 Å². The van der Waals surface area contributed by atoms with E-state index in [-0.39, 0.29) is 22.3 Å². The molecule has 10 nitrogen and oxygen atoms in total. The molecule has 0 unspecified atom stereocenters. The van der Waals surface area contributed by atoms with Gasteiger partial charge in [0, 0.05) is 0 Å². The summed E-state index contributed by atoms with van der Waals surface area (Å²) in [5.74, 6) is -2.09. The Bertz CT molecular complexity index is 1200. The van der Waals surface area contributed by atoms with Gasteiger partial charge >= 0.3 is 23.9 Å². The van der Waals surface area contributed by atoms with Crippen molar-refractivity contribution in [2.45, 2.75) is 0 Å². The molecule has 10 heteroatoms. The van der Waals surface area contributed by atoms with Crippen molar-refractivity contribution in [1.29, 1.82) is 0 Å². The Morgan fingerprint density at radius 3 is 0.632 bits per heavy atom. The summed E-state index contributed by atoms with van der Waals surface area (Å²) < 4.78 is 10.9. The lowest BCUT2D eigenvalue weighted by molar-refractivity contribution is 0.0686. The van der Waals surface area contributed by atoms with Crippen LogP contribution in [0.4, 0.5) is 0 Å². The maximum atomic E-state index is 10.7. The van der Waals surface area contributed by atoms with E-state index in [2.05, 4.69) is 0 Å². The highest BCUT2D eigenvalue weighted by molar-refractivity contribution is 5.89. The van der Waals surface area contributed by atoms with Gasteiger partial charge in [-0.05, 0) is 97.1 Å². The van der Waals surface area contributed by atoms with E-state index >= 15 is 0 Å². The van der Waals surface area contributed by atoms with Gasteiger partial charge in [-0.15, -0.1) is 0 Å². The molecule has 0 atom stereocenters. The molecule has 192 valence electrons. The summed E-state index contributed by atoms with van der Waals surface area (Å²) in [5, 5.41) is 35.0. The van der Waals surface area contributed by atoms with Gasteiger partial charge in [-0.3, -0.25) is 0 Å². The Hall–Kier alpha value is -5.64. The summed E-state index contributed by atoms with van der Waals surface area (Å²) in [7, 11) is 0. The molecule has 0 fully saturated rings. The quantitative estimate of drug-likeness (QED) is 0.226. The van der Waals surface area contributed by atoms with Crippen LogP contribution in [0.1, 0.15) is 41.4 Å². The number of hydrogen-bond acceptors (Lipinski definition) is 6. The Labute approximate surface area is 215 Å². The highest BCUT2D eigenvalue weighted by Crippen LogP contribution is 2.23. The van der Waals surface area contributed by atoms with Crippen molar-refractivity contribution in [1.82, 2.24) is 0 Å². The lowest BCUT2D eigenvalue weighted by Crippen LogP contribution is -1.96. The van der Waals surface area contributed by atoms with E-state index in [0.29, 0.717) is 23.0 Å². The molecule has 0 bridgehead atoms. The van der Waals surface area contributed by atoms with Gasteiger partial charge in [0.05, 0.1) is 22.3 Å². The van der Waals surface area contributed by atoms with Gasteiger partial charge in [0.1, 0.15) is 23.0 Å². The molecule has 0 saturated carbocycles. The van der Waals surface area contributed by atoms with Crippen molar-refractivity contribution in [2.75, 3.05) is 0 Å². The lowest BCUT2D eigenvalue weighted by atomic mass is 10.2. The predicted molar refractivity (Wildman–Crippen MR) is 134 cm³/mol. The molecule has 0 radical (unpaired) electrons. The van der Waals surface area contributed by atoms with Crippen LogP contribution in [0, 0.1) is 0 Å². The second kappa shape index (κ2) is 12.4. The standard InChI is InChI=1S/2C14H10O5/c2*15-13(16)9-1-5-11(6-2-9)19-12-7-3-10(4-8-12)14(17)18/h2*1-8H,(H,15,16)(H,17,18). The number of aromatic carboxylic acids is 4. The molecule has 0 aliphatic heterocycles. The molecular formula is C28H20O10. The Morgan fingerprint density at radius 1 is 0.342 bits per heavy atom. The monoisotopic (exact) mass is 516 g/mol. The first-order valence-corrected chi connectivity index (χ1v) is 10.8. The molecule has 0 heterocycles. The minimum absolute atomic E-state index is 0.175. The van der Waals surface area contributed by atoms with Crippen molar-refractivity contribution in [2.24, 2.45) is 0 Å². The SMILES string of the molecule is O=C(O)c1ccc(Oc2ccc(C(=O)O)cc2)cc1.O=C(O)c1ccc(Oc2ccc(C(=O)O)cc2)cc1. The lowest BCUT2D eigenvalue weighted by Gasteiger charge is -2.06. The van der Waals surface area contributed by atoms with Crippen LogP contribution in [-0.2, 0) is 0 Å². The first-order valence-electron chi connectivity index (χ1n) is 10.8. The van der Waals surface area contributed by atoms with Crippen LogP contribution in [0.25, 0.3) is 0 Å². The molecule has 4 aromatic carbocycles. The second-order valence-corrected chi connectivity index (χ2v) is 7.52. The topological polar surface area (TPSA) is 168 Å². The van der Waals surface area contributed by atoms with Gasteiger partial charge < -0.3 is 29.9 Å². The van der Waals surface area contributed by atoms with Crippen molar-refractivity contribution < 1.29 is 49.1 Å². The van der Waals surface area contributed by atoms with Crippen LogP contribution in [0.5, 0.6) is 23.0 Å². The number of hydrogen-bond donors (Lipinski definition) is 4. The average molecular weight is 516 g/mol. The van der Waals surface area contributed by atoms with E-state index in [1.807, 2.05) is 0 Å². The fourth-order valence-electron chi connectivity index (χ4n) is 2.93. The van der Waals surface area contributed by atoms with Gasteiger partial charge in [-0.1, -0.05) is 0 Å². The van der Waals surface area contributed by atoms with Crippen molar-refractivity contribution in [3.05, 3.63) is 119 Å². The summed E-state index contributed by atoms with van der Waals surface area (Å²) in [6.07, 6.45) is 0. The Balaban J connectivity index is 0.000000211. The van der Waals surface area contributed by atoms with Crippen molar-refractivity contribution in [3.63, 3.8) is 0 Å². The molecule has 0 aliphatic rings. The molecule has 38 heavy (non-hydrogen) atoms. The molecule has 4 N–H and O–H groups in total. The number of rotatable bonds is 8. The predicted octanol–water partition coefficient (Wildman–Crippen LogP) is 5.75. The zero-order chi connectivity index (χ0) is 27.7. The summed E-state index contributed by atoms with van der Waals surface area (Å²) in [6.45, 7) is 0. The molecule has 0 saturated heterocycles. The zero-order valence-corrected chi connectivity index (χ0v) is 19.5. The minimum atomic E-state index is -1.00. The van der Waals surface area contributed by atoms with Crippen LogP contribution in [-0.4, -0.2) is 44.3 Å². The van der Waals surface area contributed by atoms with Gasteiger partial charge in [-0.25, -0.2) is 19.2 Å². The maximum Gasteiger partial charge on any atom is 0.335 e. The summed E-state index contributed by atoms with van der Waals surface area (Å²) >= 11 is 0. The highest BCUT2D eigenvalue weighted by atomic mass is 16.5. The Morgan fingerprint density at radius 2 is 0.500 bits per heavy atom. The highest BCUT2D eigenvalue weighted by Gasteiger charge is 2.06. The number of carbonyl (C=O) groups is 4. The average Bonchev–Trinajstić information content (AvgIpc) is 2.90. The van der Waals surface area contributed by atoms with Crippen LogP contribution >= 0.6 is 0 Å². The summed E-state index contributed by atoms with van der Waals surface area (Å²) in [6, 6.07) is 23.8. The molecule has 0 spiro atoms. The minimum Gasteiger partial charge on any atom is -0.478 e. The second-order valence-electron chi connectivity index (χ2n) is 7.52. The van der Waals surface area contributed by atoms with E-state index in [9.17, 15) is 19.2 Å². The third-order valence-corrected chi connectivity index (χ3v) is 4.88. The third kappa shape index (κ3) is 7.68. The molecule has 4 aromatic rings. The Kier molecular flexibility index (Phi) is 8.77. The fraction of sp³-hybridized carbons (Fsp3) is 0. The largest absolute Gasteiger partial charge is 0.478 e. The molecule has 0 amide bonds. The molecular weight excluding hydrogens is 496 g/mol. The van der Waals surface area contributed by atoms with E-state index in [0.717, 1.165) is 0 Å². The van der Waals surface area contributed by atoms with Crippen molar-refractivity contribution in [3.8, 4) is 23.0 Å². The summed E-state index contributed by atoms with van der Waals surface area (Å²) in [4.78, 5) is 42.7. The van der Waals surface area contributed by atoms with Crippen LogP contribution in [0.2, 0.25) is 0 Å². The van der Waals surface area contributed by atoms with Crippen molar-refractivity contribution >= 4 is 23.9 Å². The first kappa shape index (κ1) is 27.0.